The second kappa shape index (κ2) is 6.60. The van der Waals surface area contributed by atoms with Crippen LogP contribution in [0.4, 0.5) is 0 Å². The van der Waals surface area contributed by atoms with Gasteiger partial charge in [0.25, 0.3) is 0 Å². The maximum atomic E-state index is 4.29. The molecule has 0 bridgehead atoms. The van der Waals surface area contributed by atoms with Crippen molar-refractivity contribution in [3.8, 4) is 0 Å². The molecular formula is C16H25N3. The molecule has 0 unspecified atom stereocenters. The number of hydrogen-bond acceptors (Lipinski definition) is 1. The van der Waals surface area contributed by atoms with Crippen molar-refractivity contribution in [3.63, 3.8) is 0 Å². The fraction of sp³-hybridized carbons (Fsp3) is 0.562. The summed E-state index contributed by atoms with van der Waals surface area (Å²) < 4.78 is 0. The molecule has 3 nitrogen and oxygen atoms in total. The molecule has 19 heavy (non-hydrogen) atoms. The van der Waals surface area contributed by atoms with Crippen LogP contribution in [0.1, 0.15) is 38.2 Å². The van der Waals surface area contributed by atoms with Gasteiger partial charge in [-0.05, 0) is 30.2 Å². The summed E-state index contributed by atoms with van der Waals surface area (Å²) in [6, 6.07) is 10.4. The minimum atomic E-state index is 0.518. The zero-order valence-electron chi connectivity index (χ0n) is 12.1. The standard InChI is InChI=1S/C16H25N3/c1-3-16(10-7-11-16)13-19-15(17-2)18-12-14-8-5-4-6-9-14/h4-6,8-9H,3,7,10-13H2,1-2H3,(H2,17,18,19). The van der Waals surface area contributed by atoms with Gasteiger partial charge in [0.2, 0.25) is 0 Å². The Bertz CT molecular complexity index is 402. The molecule has 0 heterocycles. The van der Waals surface area contributed by atoms with E-state index in [4.69, 9.17) is 0 Å². The molecule has 1 saturated carbocycles. The van der Waals surface area contributed by atoms with Gasteiger partial charge >= 0.3 is 0 Å². The van der Waals surface area contributed by atoms with Crippen LogP contribution in [0.3, 0.4) is 0 Å². The molecule has 104 valence electrons. The molecule has 0 aromatic heterocycles. The second-order valence-electron chi connectivity index (χ2n) is 5.47. The lowest BCUT2D eigenvalue weighted by Gasteiger charge is -2.41. The number of hydrogen-bond donors (Lipinski definition) is 2. The van der Waals surface area contributed by atoms with E-state index in [9.17, 15) is 0 Å². The van der Waals surface area contributed by atoms with Crippen LogP contribution >= 0.6 is 0 Å². The lowest BCUT2D eigenvalue weighted by atomic mass is 9.67. The Hall–Kier alpha value is -1.51. The monoisotopic (exact) mass is 259 g/mol. The summed E-state index contributed by atoms with van der Waals surface area (Å²) in [5.41, 5.74) is 1.80. The van der Waals surface area contributed by atoms with Crippen LogP contribution in [-0.2, 0) is 6.54 Å². The summed E-state index contributed by atoms with van der Waals surface area (Å²) in [6.07, 6.45) is 5.35. The molecule has 0 spiro atoms. The largest absolute Gasteiger partial charge is 0.356 e. The minimum absolute atomic E-state index is 0.518. The van der Waals surface area contributed by atoms with Gasteiger partial charge in [0, 0.05) is 20.1 Å². The molecule has 1 aliphatic rings. The molecule has 1 aromatic carbocycles. The van der Waals surface area contributed by atoms with Gasteiger partial charge in [0.15, 0.2) is 5.96 Å². The van der Waals surface area contributed by atoms with E-state index >= 15 is 0 Å². The smallest absolute Gasteiger partial charge is 0.191 e. The number of nitrogens with zero attached hydrogens (tertiary/aromatic N) is 1. The summed E-state index contributed by atoms with van der Waals surface area (Å²) in [5.74, 6) is 0.906. The van der Waals surface area contributed by atoms with Crippen molar-refractivity contribution in [1.82, 2.24) is 10.6 Å². The lowest BCUT2D eigenvalue weighted by Crippen LogP contribution is -2.46. The molecule has 1 fully saturated rings. The third-order valence-electron chi connectivity index (χ3n) is 4.32. The second-order valence-corrected chi connectivity index (χ2v) is 5.47. The van der Waals surface area contributed by atoms with Crippen molar-refractivity contribution in [2.45, 2.75) is 39.2 Å². The average Bonchev–Trinajstić information content (AvgIpc) is 2.42. The van der Waals surface area contributed by atoms with Crippen molar-refractivity contribution in [2.75, 3.05) is 13.6 Å². The molecule has 2 N–H and O–H groups in total. The number of rotatable bonds is 5. The Kier molecular flexibility index (Phi) is 4.83. The molecule has 0 saturated heterocycles. The molecule has 0 aliphatic heterocycles. The molecule has 0 amide bonds. The van der Waals surface area contributed by atoms with Gasteiger partial charge in [-0.2, -0.15) is 0 Å². The third-order valence-corrected chi connectivity index (χ3v) is 4.32. The zero-order valence-corrected chi connectivity index (χ0v) is 12.1. The van der Waals surface area contributed by atoms with Crippen LogP contribution in [0.15, 0.2) is 35.3 Å². The lowest BCUT2D eigenvalue weighted by molar-refractivity contribution is 0.131. The highest BCUT2D eigenvalue weighted by Crippen LogP contribution is 2.42. The molecule has 0 radical (unpaired) electrons. The summed E-state index contributed by atoms with van der Waals surface area (Å²) in [6.45, 7) is 4.15. The van der Waals surface area contributed by atoms with Crippen molar-refractivity contribution in [3.05, 3.63) is 35.9 Å². The Morgan fingerprint density at radius 2 is 1.95 bits per heavy atom. The first-order chi connectivity index (χ1) is 9.28. The molecule has 1 aromatic rings. The quantitative estimate of drug-likeness (QED) is 0.630. The Morgan fingerprint density at radius 3 is 2.47 bits per heavy atom. The van der Waals surface area contributed by atoms with Crippen LogP contribution < -0.4 is 10.6 Å². The molecule has 3 heteroatoms. The Morgan fingerprint density at radius 1 is 1.21 bits per heavy atom. The summed E-state index contributed by atoms with van der Waals surface area (Å²) in [5, 5.41) is 6.84. The summed E-state index contributed by atoms with van der Waals surface area (Å²) in [4.78, 5) is 4.29. The van der Waals surface area contributed by atoms with Crippen LogP contribution in [0.5, 0.6) is 0 Å². The summed E-state index contributed by atoms with van der Waals surface area (Å²) in [7, 11) is 1.83. The van der Waals surface area contributed by atoms with E-state index in [0.29, 0.717) is 5.41 Å². The van der Waals surface area contributed by atoms with Crippen molar-refractivity contribution in [1.29, 1.82) is 0 Å². The number of nitrogens with one attached hydrogen (secondary N) is 2. The first-order valence-electron chi connectivity index (χ1n) is 7.26. The number of aliphatic imine (C=N–C) groups is 1. The topological polar surface area (TPSA) is 36.4 Å². The van der Waals surface area contributed by atoms with E-state index in [0.717, 1.165) is 19.0 Å². The molecule has 2 rings (SSSR count). The van der Waals surface area contributed by atoms with Crippen molar-refractivity contribution < 1.29 is 0 Å². The van der Waals surface area contributed by atoms with E-state index < -0.39 is 0 Å². The van der Waals surface area contributed by atoms with Gasteiger partial charge in [-0.3, -0.25) is 4.99 Å². The Balaban J connectivity index is 1.78. The average molecular weight is 259 g/mol. The van der Waals surface area contributed by atoms with Gasteiger partial charge in [0.05, 0.1) is 0 Å². The third kappa shape index (κ3) is 3.72. The van der Waals surface area contributed by atoms with Gasteiger partial charge in [-0.15, -0.1) is 0 Å². The van der Waals surface area contributed by atoms with Crippen LogP contribution in [0.2, 0.25) is 0 Å². The highest BCUT2D eigenvalue weighted by Gasteiger charge is 2.34. The molecule has 0 atom stereocenters. The number of guanidine groups is 1. The highest BCUT2D eigenvalue weighted by atomic mass is 15.2. The van der Waals surface area contributed by atoms with Crippen LogP contribution in [0.25, 0.3) is 0 Å². The first-order valence-corrected chi connectivity index (χ1v) is 7.26. The van der Waals surface area contributed by atoms with Crippen LogP contribution in [0, 0.1) is 5.41 Å². The number of benzene rings is 1. The van der Waals surface area contributed by atoms with E-state index in [1.165, 1.54) is 31.2 Å². The van der Waals surface area contributed by atoms with Gasteiger partial charge < -0.3 is 10.6 Å². The maximum Gasteiger partial charge on any atom is 0.191 e. The van der Waals surface area contributed by atoms with Crippen molar-refractivity contribution in [2.24, 2.45) is 10.4 Å². The predicted molar refractivity (Wildman–Crippen MR) is 81.2 cm³/mol. The Labute approximate surface area is 116 Å². The fourth-order valence-electron chi connectivity index (χ4n) is 2.61. The predicted octanol–water partition coefficient (Wildman–Crippen LogP) is 2.93. The highest BCUT2D eigenvalue weighted by molar-refractivity contribution is 5.79. The minimum Gasteiger partial charge on any atom is -0.356 e. The van der Waals surface area contributed by atoms with Gasteiger partial charge in [0.1, 0.15) is 0 Å². The van der Waals surface area contributed by atoms with E-state index in [1.807, 2.05) is 13.1 Å². The van der Waals surface area contributed by atoms with E-state index in [-0.39, 0.29) is 0 Å². The zero-order chi connectivity index (χ0) is 13.6. The SMILES string of the molecule is CCC1(CNC(=NC)NCc2ccccc2)CCC1. The molecule has 1 aliphatic carbocycles. The van der Waals surface area contributed by atoms with Crippen LogP contribution in [-0.4, -0.2) is 19.6 Å². The first kappa shape index (κ1) is 13.9. The summed E-state index contributed by atoms with van der Waals surface area (Å²) >= 11 is 0. The van der Waals surface area contributed by atoms with Crippen molar-refractivity contribution >= 4 is 5.96 Å². The van der Waals surface area contributed by atoms with Gasteiger partial charge in [-0.25, -0.2) is 0 Å². The van der Waals surface area contributed by atoms with E-state index in [1.54, 1.807) is 0 Å². The van der Waals surface area contributed by atoms with E-state index in [2.05, 4.69) is 46.8 Å². The van der Waals surface area contributed by atoms with Gasteiger partial charge in [-0.1, -0.05) is 43.7 Å². The fourth-order valence-corrected chi connectivity index (χ4v) is 2.61. The normalized spacial score (nSPS) is 17.7. The maximum absolute atomic E-state index is 4.29. The molecular weight excluding hydrogens is 234 g/mol.